The lowest BCUT2D eigenvalue weighted by atomic mass is 9.74. The first-order chi connectivity index (χ1) is 8.29. The van der Waals surface area contributed by atoms with Crippen LogP contribution >= 0.6 is 0 Å². The second kappa shape index (κ2) is 4.52. The van der Waals surface area contributed by atoms with Gasteiger partial charge in [0.2, 0.25) is 5.79 Å². The molecule has 1 aliphatic carbocycles. The Kier molecular flexibility index (Phi) is 3.18. The number of unbranched alkanes of at least 4 members (excludes halogenated alkanes) is 1. The van der Waals surface area contributed by atoms with Gasteiger partial charge in [0.15, 0.2) is 0 Å². The molecule has 1 spiro atoms. The molecular weight excluding hydrogens is 216 g/mol. The third-order valence-electron chi connectivity index (χ3n) is 4.87. The molecule has 3 heteroatoms. The topological polar surface area (TPSA) is 27.7 Å². The normalized spacial score (nSPS) is 45.4. The van der Waals surface area contributed by atoms with Crippen LogP contribution in [0, 0.1) is 5.92 Å². The van der Waals surface area contributed by atoms with Crippen LogP contribution in [0.4, 0.5) is 0 Å². The van der Waals surface area contributed by atoms with Gasteiger partial charge >= 0.3 is 0 Å². The molecule has 17 heavy (non-hydrogen) atoms. The highest BCUT2D eigenvalue weighted by Crippen LogP contribution is 2.50. The molecule has 0 N–H and O–H groups in total. The number of rotatable bonds is 3. The predicted octanol–water partition coefficient (Wildman–Crippen LogP) is 3.57. The standard InChI is InChI=1S/C14H24O3/c1-2-3-9-14-10-7-12-6-4-5-8-13(12,11-15-14)16-17-14/h12H,2-11H2,1H3/t12-,13-,14-/m1/s1. The molecular formula is C14H24O3. The fourth-order valence-corrected chi connectivity index (χ4v) is 3.64. The maximum Gasteiger partial charge on any atom is 0.201 e. The smallest absolute Gasteiger partial charge is 0.201 e. The minimum atomic E-state index is -0.418. The summed E-state index contributed by atoms with van der Waals surface area (Å²) < 4.78 is 6.10. The number of hydrogen-bond acceptors (Lipinski definition) is 3. The lowest BCUT2D eigenvalue weighted by Crippen LogP contribution is -2.53. The molecule has 0 unspecified atom stereocenters. The monoisotopic (exact) mass is 240 g/mol. The Morgan fingerprint density at radius 1 is 1.12 bits per heavy atom. The fraction of sp³-hybridized carbons (Fsp3) is 1.00. The highest BCUT2D eigenvalue weighted by Gasteiger charge is 2.54. The van der Waals surface area contributed by atoms with Gasteiger partial charge in [-0.15, -0.1) is 0 Å². The Balaban J connectivity index is 1.75. The Morgan fingerprint density at radius 3 is 2.82 bits per heavy atom. The Hall–Kier alpha value is -0.120. The molecule has 3 heterocycles. The van der Waals surface area contributed by atoms with Crippen LogP contribution in [-0.2, 0) is 14.5 Å². The van der Waals surface area contributed by atoms with Crippen LogP contribution in [0.2, 0.25) is 0 Å². The molecule has 4 rings (SSSR count). The molecule has 2 bridgehead atoms. The van der Waals surface area contributed by atoms with Crippen molar-refractivity contribution in [2.24, 2.45) is 5.92 Å². The average molecular weight is 240 g/mol. The van der Waals surface area contributed by atoms with Crippen molar-refractivity contribution < 1.29 is 14.5 Å². The van der Waals surface area contributed by atoms with E-state index in [2.05, 4.69) is 6.92 Å². The number of fused-ring (bicyclic) bond motifs is 3. The maximum absolute atomic E-state index is 6.10. The lowest BCUT2D eigenvalue weighted by molar-refractivity contribution is -0.513. The minimum Gasteiger partial charge on any atom is -0.344 e. The van der Waals surface area contributed by atoms with Crippen LogP contribution in [0.1, 0.15) is 64.7 Å². The van der Waals surface area contributed by atoms with Crippen LogP contribution in [-0.4, -0.2) is 18.0 Å². The minimum absolute atomic E-state index is 0.107. The van der Waals surface area contributed by atoms with Gasteiger partial charge in [-0.2, -0.15) is 0 Å². The van der Waals surface area contributed by atoms with Gasteiger partial charge in [0.05, 0.1) is 6.61 Å². The maximum atomic E-state index is 6.10. The van der Waals surface area contributed by atoms with Crippen molar-refractivity contribution in [1.82, 2.24) is 0 Å². The summed E-state index contributed by atoms with van der Waals surface area (Å²) >= 11 is 0. The molecule has 0 aromatic carbocycles. The van der Waals surface area contributed by atoms with Crippen LogP contribution < -0.4 is 0 Å². The summed E-state index contributed by atoms with van der Waals surface area (Å²) in [5.74, 6) is 0.237. The molecule has 98 valence electrons. The van der Waals surface area contributed by atoms with Crippen LogP contribution in [0.5, 0.6) is 0 Å². The molecule has 1 saturated carbocycles. The van der Waals surface area contributed by atoms with Crippen molar-refractivity contribution in [1.29, 1.82) is 0 Å². The van der Waals surface area contributed by atoms with Gasteiger partial charge in [0.1, 0.15) is 5.60 Å². The van der Waals surface area contributed by atoms with Crippen molar-refractivity contribution in [3.8, 4) is 0 Å². The highest BCUT2D eigenvalue weighted by molar-refractivity contribution is 4.96. The fourth-order valence-electron chi connectivity index (χ4n) is 3.64. The summed E-state index contributed by atoms with van der Waals surface area (Å²) in [5.41, 5.74) is -0.107. The summed E-state index contributed by atoms with van der Waals surface area (Å²) in [6, 6.07) is 0. The average Bonchev–Trinajstić information content (AvgIpc) is 2.64. The van der Waals surface area contributed by atoms with Crippen LogP contribution in [0.3, 0.4) is 0 Å². The molecule has 0 aromatic rings. The molecule has 3 nitrogen and oxygen atoms in total. The second-order valence-corrected chi connectivity index (χ2v) is 6.02. The van der Waals surface area contributed by atoms with Gasteiger partial charge in [0, 0.05) is 12.8 Å². The first-order valence-electron chi connectivity index (χ1n) is 7.29. The lowest BCUT2D eigenvalue weighted by Gasteiger charge is -2.45. The van der Waals surface area contributed by atoms with Crippen molar-refractivity contribution in [2.45, 2.75) is 76.1 Å². The van der Waals surface area contributed by atoms with E-state index in [0.29, 0.717) is 5.92 Å². The van der Waals surface area contributed by atoms with Gasteiger partial charge in [-0.25, -0.2) is 9.78 Å². The highest BCUT2D eigenvalue weighted by atomic mass is 17.2. The van der Waals surface area contributed by atoms with E-state index in [-0.39, 0.29) is 5.60 Å². The van der Waals surface area contributed by atoms with Gasteiger partial charge in [-0.05, 0) is 31.6 Å². The Morgan fingerprint density at radius 2 is 2.06 bits per heavy atom. The van der Waals surface area contributed by atoms with Crippen molar-refractivity contribution >= 4 is 0 Å². The summed E-state index contributed by atoms with van der Waals surface area (Å²) in [6.45, 7) is 2.96. The van der Waals surface area contributed by atoms with Crippen LogP contribution in [0.25, 0.3) is 0 Å². The van der Waals surface area contributed by atoms with Crippen molar-refractivity contribution in [3.63, 3.8) is 0 Å². The summed E-state index contributed by atoms with van der Waals surface area (Å²) in [6.07, 6.45) is 10.5. The third kappa shape index (κ3) is 2.02. The van der Waals surface area contributed by atoms with Crippen molar-refractivity contribution in [3.05, 3.63) is 0 Å². The van der Waals surface area contributed by atoms with E-state index >= 15 is 0 Å². The number of ether oxygens (including phenoxy) is 1. The molecule has 3 aliphatic heterocycles. The van der Waals surface area contributed by atoms with E-state index in [4.69, 9.17) is 14.5 Å². The van der Waals surface area contributed by atoms with Crippen LogP contribution in [0.15, 0.2) is 0 Å². The zero-order valence-corrected chi connectivity index (χ0v) is 10.9. The van der Waals surface area contributed by atoms with E-state index < -0.39 is 5.79 Å². The van der Waals surface area contributed by atoms with Crippen molar-refractivity contribution in [2.75, 3.05) is 6.61 Å². The molecule has 3 saturated heterocycles. The van der Waals surface area contributed by atoms with E-state index in [9.17, 15) is 0 Å². The SMILES string of the molecule is CCCC[C@@]12CC[C@H]3CCCC[C@]3(CO1)OO2. The predicted molar refractivity (Wildman–Crippen MR) is 64.3 cm³/mol. The van der Waals surface area contributed by atoms with Gasteiger partial charge in [0.25, 0.3) is 0 Å². The Labute approximate surface area is 104 Å². The summed E-state index contributed by atoms with van der Waals surface area (Å²) in [7, 11) is 0. The summed E-state index contributed by atoms with van der Waals surface area (Å²) in [5, 5.41) is 0. The van der Waals surface area contributed by atoms with Gasteiger partial charge < -0.3 is 4.74 Å². The quantitative estimate of drug-likeness (QED) is 0.706. The number of hydrogen-bond donors (Lipinski definition) is 0. The molecule has 3 atom stereocenters. The molecule has 4 fully saturated rings. The zero-order chi connectivity index (χ0) is 11.8. The van der Waals surface area contributed by atoms with E-state index in [1.165, 1.54) is 32.1 Å². The molecule has 0 aromatic heterocycles. The van der Waals surface area contributed by atoms with E-state index in [1.807, 2.05) is 0 Å². The van der Waals surface area contributed by atoms with Gasteiger partial charge in [-0.1, -0.05) is 26.2 Å². The first-order valence-corrected chi connectivity index (χ1v) is 7.29. The molecule has 4 aliphatic rings. The van der Waals surface area contributed by atoms with E-state index in [0.717, 1.165) is 32.3 Å². The Bertz CT molecular complexity index is 263. The zero-order valence-electron chi connectivity index (χ0n) is 10.9. The largest absolute Gasteiger partial charge is 0.344 e. The first kappa shape index (κ1) is 11.9. The van der Waals surface area contributed by atoms with E-state index in [1.54, 1.807) is 0 Å². The summed E-state index contributed by atoms with van der Waals surface area (Å²) in [4.78, 5) is 11.6. The van der Waals surface area contributed by atoms with Gasteiger partial charge in [-0.3, -0.25) is 0 Å². The molecule has 0 amide bonds. The molecule has 0 radical (unpaired) electrons. The second-order valence-electron chi connectivity index (χ2n) is 6.02. The third-order valence-corrected chi connectivity index (χ3v) is 4.87.